The average Bonchev–Trinajstić information content (AvgIpc) is 3.47. The molecule has 2 aromatic carbocycles. The largest absolute Gasteiger partial charge is 0.465 e. The van der Waals surface area contributed by atoms with Crippen molar-refractivity contribution in [2.24, 2.45) is 11.3 Å². The maximum absolute atomic E-state index is 14.2. The van der Waals surface area contributed by atoms with Crippen LogP contribution in [0.25, 0.3) is 0 Å². The molecule has 1 atom stereocenters. The summed E-state index contributed by atoms with van der Waals surface area (Å²) in [5.74, 6) is -10.3. The highest BCUT2D eigenvalue weighted by molar-refractivity contribution is 6.23. The second-order valence-corrected chi connectivity index (χ2v) is 10.5. The highest BCUT2D eigenvalue weighted by Crippen LogP contribution is 2.41. The van der Waals surface area contributed by atoms with Crippen molar-refractivity contribution in [1.29, 1.82) is 0 Å². The van der Waals surface area contributed by atoms with Gasteiger partial charge in [0.15, 0.2) is 5.92 Å². The predicted molar refractivity (Wildman–Crippen MR) is 164 cm³/mol. The van der Waals surface area contributed by atoms with Gasteiger partial charge in [-0.25, -0.2) is 4.90 Å². The van der Waals surface area contributed by atoms with Crippen molar-refractivity contribution in [3.8, 4) is 0 Å². The molecule has 2 aromatic rings. The van der Waals surface area contributed by atoms with Crippen molar-refractivity contribution in [2.75, 3.05) is 26.4 Å². The van der Waals surface area contributed by atoms with Gasteiger partial charge in [-0.1, -0.05) is 24.3 Å². The maximum Gasteiger partial charge on any atom is 0.329 e. The molecule has 252 valence electrons. The lowest BCUT2D eigenvalue weighted by atomic mass is 9.74. The van der Waals surface area contributed by atoms with E-state index in [-0.39, 0.29) is 48.7 Å². The monoisotopic (exact) mass is 662 g/mol. The summed E-state index contributed by atoms with van der Waals surface area (Å²) in [5.41, 5.74) is -2.91. The van der Waals surface area contributed by atoms with Crippen LogP contribution in [0, 0.1) is 11.3 Å². The van der Waals surface area contributed by atoms with Crippen molar-refractivity contribution in [3.05, 3.63) is 83.1 Å². The van der Waals surface area contributed by atoms with Crippen LogP contribution in [0.2, 0.25) is 0 Å². The van der Waals surface area contributed by atoms with Crippen molar-refractivity contribution in [2.45, 2.75) is 40.2 Å². The first kappa shape index (κ1) is 35.2. The first-order valence-electron chi connectivity index (χ1n) is 15.3. The van der Waals surface area contributed by atoms with E-state index in [9.17, 15) is 38.4 Å². The molecule has 0 fully saturated rings. The number of fused-ring (bicyclic) bond motifs is 2. The van der Waals surface area contributed by atoms with Crippen LogP contribution < -0.4 is 0 Å². The Balaban J connectivity index is 2.01. The Morgan fingerprint density at radius 2 is 1.00 bits per heavy atom. The molecule has 2 aliphatic heterocycles. The van der Waals surface area contributed by atoms with E-state index in [1.165, 1.54) is 64.1 Å². The van der Waals surface area contributed by atoms with E-state index in [2.05, 4.69) is 0 Å². The minimum atomic E-state index is -2.84. The lowest BCUT2D eigenvalue weighted by Gasteiger charge is -2.39. The molecule has 48 heavy (non-hydrogen) atoms. The third kappa shape index (κ3) is 6.20. The Labute approximate surface area is 275 Å². The van der Waals surface area contributed by atoms with Gasteiger partial charge in [-0.15, -0.1) is 0 Å². The van der Waals surface area contributed by atoms with Crippen molar-refractivity contribution < 1.29 is 57.3 Å². The quantitative estimate of drug-likeness (QED) is 0.125. The molecule has 0 saturated heterocycles. The fraction of sp³-hybridized carbons (Fsp3) is 0.353. The fourth-order valence-electron chi connectivity index (χ4n) is 5.62. The molecule has 2 heterocycles. The van der Waals surface area contributed by atoms with Gasteiger partial charge in [0, 0.05) is 6.20 Å². The molecule has 14 nitrogen and oxygen atoms in total. The summed E-state index contributed by atoms with van der Waals surface area (Å²) in [6, 6.07) is 9.59. The molecule has 4 rings (SSSR count). The van der Waals surface area contributed by atoms with Crippen LogP contribution in [-0.2, 0) is 38.1 Å². The molecule has 0 aliphatic carbocycles. The van der Waals surface area contributed by atoms with Gasteiger partial charge in [-0.2, -0.15) is 0 Å². The summed E-state index contributed by atoms with van der Waals surface area (Å²) < 4.78 is 20.9. The first-order chi connectivity index (χ1) is 23.0. The number of benzene rings is 2. The van der Waals surface area contributed by atoms with E-state index in [0.717, 1.165) is 12.3 Å². The van der Waals surface area contributed by atoms with Gasteiger partial charge in [-0.05, 0) is 64.5 Å². The van der Waals surface area contributed by atoms with Crippen molar-refractivity contribution in [1.82, 2.24) is 9.80 Å². The van der Waals surface area contributed by atoms with Crippen molar-refractivity contribution >= 4 is 47.5 Å². The summed E-state index contributed by atoms with van der Waals surface area (Å²) in [7, 11) is 0. The molecular formula is C34H34N2O12. The molecule has 0 N–H and O–H groups in total. The van der Waals surface area contributed by atoms with E-state index in [0.29, 0.717) is 9.80 Å². The number of rotatable bonds is 14. The Kier molecular flexibility index (Phi) is 10.9. The Morgan fingerprint density at radius 1 is 0.625 bits per heavy atom. The molecule has 0 aromatic heterocycles. The summed E-state index contributed by atoms with van der Waals surface area (Å²) in [6.07, 6.45) is 0.798. The van der Waals surface area contributed by atoms with Crippen LogP contribution in [0.1, 0.15) is 75.5 Å². The lowest BCUT2D eigenvalue weighted by molar-refractivity contribution is -0.175. The summed E-state index contributed by atoms with van der Waals surface area (Å²) in [6.45, 7) is 4.85. The third-order valence-corrected chi connectivity index (χ3v) is 7.80. The fourth-order valence-corrected chi connectivity index (χ4v) is 5.62. The SMILES string of the molecule is CCOC(=O)C(C[C@H](N1C(=O)c2ccccc2C1=O)C(/C=C/N1C(=O)c2ccccc2C1=O)(C(=O)OCC)C(=O)OCC)C(=O)OCC. The number of imide groups is 2. The van der Waals surface area contributed by atoms with Gasteiger partial charge < -0.3 is 18.9 Å². The molecule has 2 aliphatic rings. The zero-order valence-electron chi connectivity index (χ0n) is 26.8. The maximum atomic E-state index is 14.2. The summed E-state index contributed by atoms with van der Waals surface area (Å²) in [5, 5.41) is 0. The average molecular weight is 663 g/mol. The van der Waals surface area contributed by atoms with Crippen molar-refractivity contribution in [3.63, 3.8) is 0 Å². The standard InChI is InChI=1S/C34H34N2O12/c1-5-45-30(41)24(31(42)46-6-2)19-25(36-28(39)22-15-11-12-16-23(22)29(36)40)34(32(43)47-7-3,33(44)48-8-4)17-18-35-26(37)20-13-9-10-14-21(20)27(35)38/h9-18,24-25H,5-8,19H2,1-4H3/b18-17+/t25-/m0/s1. The first-order valence-corrected chi connectivity index (χ1v) is 15.3. The number of hydrogen-bond acceptors (Lipinski definition) is 12. The predicted octanol–water partition coefficient (Wildman–Crippen LogP) is 2.71. The summed E-state index contributed by atoms with van der Waals surface area (Å²) in [4.78, 5) is 111. The summed E-state index contributed by atoms with van der Waals surface area (Å²) >= 11 is 0. The number of hydrogen-bond donors (Lipinski definition) is 0. The number of amides is 4. The smallest absolute Gasteiger partial charge is 0.329 e. The van der Waals surface area contributed by atoms with Gasteiger partial charge in [-0.3, -0.25) is 43.3 Å². The second-order valence-electron chi connectivity index (χ2n) is 10.5. The van der Waals surface area contributed by atoms with Gasteiger partial charge in [0.1, 0.15) is 0 Å². The van der Waals surface area contributed by atoms with Gasteiger partial charge in [0.25, 0.3) is 23.6 Å². The zero-order valence-corrected chi connectivity index (χ0v) is 26.8. The van der Waals surface area contributed by atoms with E-state index < -0.39 is 71.3 Å². The Hall–Kier alpha value is -5.66. The number of nitrogens with zero attached hydrogens (tertiary/aromatic N) is 2. The number of ether oxygens (including phenoxy) is 4. The molecule has 0 saturated carbocycles. The molecule has 0 spiro atoms. The minimum Gasteiger partial charge on any atom is -0.465 e. The van der Waals surface area contributed by atoms with Gasteiger partial charge in [0.05, 0.1) is 54.7 Å². The zero-order chi connectivity index (χ0) is 35.2. The normalized spacial score (nSPS) is 14.7. The number of esters is 4. The molecule has 0 bridgehead atoms. The van der Waals surface area contributed by atoms with Crippen LogP contribution in [0.3, 0.4) is 0 Å². The Morgan fingerprint density at radius 3 is 1.38 bits per heavy atom. The topological polar surface area (TPSA) is 180 Å². The third-order valence-electron chi connectivity index (χ3n) is 7.80. The highest BCUT2D eigenvalue weighted by atomic mass is 16.6. The van der Waals surface area contributed by atoms with Crippen LogP contribution in [0.4, 0.5) is 0 Å². The van der Waals surface area contributed by atoms with E-state index in [1.54, 1.807) is 12.1 Å². The molecule has 0 radical (unpaired) electrons. The number of carbonyl (C=O) groups excluding carboxylic acids is 8. The van der Waals surface area contributed by atoms with E-state index >= 15 is 0 Å². The van der Waals surface area contributed by atoms with E-state index in [1.807, 2.05) is 0 Å². The lowest BCUT2D eigenvalue weighted by Crippen LogP contribution is -2.59. The minimum absolute atomic E-state index is 0.0478. The van der Waals surface area contributed by atoms with Crippen LogP contribution in [0.15, 0.2) is 60.8 Å². The molecule has 14 heteroatoms. The molecule has 4 amide bonds. The number of carbonyl (C=O) groups is 8. The second kappa shape index (κ2) is 14.8. The highest BCUT2D eigenvalue weighted by Gasteiger charge is 2.61. The Bertz CT molecular complexity index is 1590. The van der Waals surface area contributed by atoms with Gasteiger partial charge in [0.2, 0.25) is 5.41 Å². The molecule has 0 unspecified atom stereocenters. The van der Waals surface area contributed by atoms with Gasteiger partial charge >= 0.3 is 23.9 Å². The van der Waals surface area contributed by atoms with Crippen LogP contribution in [-0.4, -0.2) is 89.8 Å². The van der Waals surface area contributed by atoms with Crippen LogP contribution in [0.5, 0.6) is 0 Å². The van der Waals surface area contributed by atoms with Crippen LogP contribution >= 0.6 is 0 Å². The molecular weight excluding hydrogens is 628 g/mol. The van der Waals surface area contributed by atoms with E-state index in [4.69, 9.17) is 18.9 Å².